The first-order chi connectivity index (χ1) is 7.58. The summed E-state index contributed by atoms with van der Waals surface area (Å²) < 4.78 is 0. The van der Waals surface area contributed by atoms with Crippen LogP contribution in [0.1, 0.15) is 55.7 Å². The van der Waals surface area contributed by atoms with Gasteiger partial charge in [-0.3, -0.25) is 0 Å². The van der Waals surface area contributed by atoms with Gasteiger partial charge in [-0.05, 0) is 38.2 Å². The van der Waals surface area contributed by atoms with E-state index in [0.717, 1.165) is 6.42 Å². The zero-order chi connectivity index (χ0) is 12.1. The van der Waals surface area contributed by atoms with E-state index in [2.05, 4.69) is 45.9 Å². The largest absolute Gasteiger partial charge is 0.327 e. The summed E-state index contributed by atoms with van der Waals surface area (Å²) in [6.07, 6.45) is 3.45. The molecule has 1 nitrogen and oxygen atoms in total. The Morgan fingerprint density at radius 2 is 1.62 bits per heavy atom. The molecule has 2 atom stereocenters. The average Bonchev–Trinajstić information content (AvgIpc) is 2.23. The molecule has 16 heavy (non-hydrogen) atoms. The molecule has 0 aliphatic carbocycles. The molecule has 0 aromatic heterocycles. The molecule has 0 aliphatic heterocycles. The molecule has 90 valence electrons. The number of aryl methyl sites for hydroxylation is 2. The molecule has 0 radical (unpaired) electrons. The van der Waals surface area contributed by atoms with E-state index < -0.39 is 0 Å². The summed E-state index contributed by atoms with van der Waals surface area (Å²) >= 11 is 0. The van der Waals surface area contributed by atoms with Gasteiger partial charge < -0.3 is 5.73 Å². The molecule has 2 N–H and O–H groups in total. The van der Waals surface area contributed by atoms with Crippen molar-refractivity contribution in [3.05, 3.63) is 34.9 Å². The van der Waals surface area contributed by atoms with Crippen LogP contribution in [0.5, 0.6) is 0 Å². The van der Waals surface area contributed by atoms with Crippen molar-refractivity contribution in [2.75, 3.05) is 0 Å². The minimum Gasteiger partial charge on any atom is -0.327 e. The Balaban J connectivity index is 3.00. The van der Waals surface area contributed by atoms with E-state index in [-0.39, 0.29) is 0 Å². The molecule has 1 heteroatoms. The van der Waals surface area contributed by atoms with Gasteiger partial charge in [0.25, 0.3) is 0 Å². The maximum Gasteiger partial charge on any atom is 0.0105 e. The highest BCUT2D eigenvalue weighted by molar-refractivity contribution is 5.31. The molecule has 0 amide bonds. The number of rotatable bonds is 5. The summed E-state index contributed by atoms with van der Waals surface area (Å²) in [7, 11) is 0. The Hall–Kier alpha value is -0.820. The second-order valence-electron chi connectivity index (χ2n) is 4.89. The van der Waals surface area contributed by atoms with Gasteiger partial charge in [0.05, 0.1) is 0 Å². The Kier molecular flexibility index (Phi) is 5.01. The van der Waals surface area contributed by atoms with Gasteiger partial charge in [-0.1, -0.05) is 49.6 Å². The first-order valence-corrected chi connectivity index (χ1v) is 6.42. The van der Waals surface area contributed by atoms with Gasteiger partial charge >= 0.3 is 0 Å². The summed E-state index contributed by atoms with van der Waals surface area (Å²) in [6, 6.07) is 7.11. The fourth-order valence-corrected chi connectivity index (χ4v) is 2.45. The topological polar surface area (TPSA) is 26.0 Å². The lowest BCUT2D eigenvalue weighted by atomic mass is 9.85. The van der Waals surface area contributed by atoms with Gasteiger partial charge in [0.1, 0.15) is 0 Å². The predicted octanol–water partition coefficient (Wildman–Crippen LogP) is 3.92. The summed E-state index contributed by atoms with van der Waals surface area (Å²) in [4.78, 5) is 0. The molecule has 0 unspecified atom stereocenters. The van der Waals surface area contributed by atoms with Crippen molar-refractivity contribution in [2.24, 2.45) is 5.73 Å². The first-order valence-electron chi connectivity index (χ1n) is 6.42. The monoisotopic (exact) mass is 219 g/mol. The van der Waals surface area contributed by atoms with Crippen LogP contribution in [-0.2, 0) is 0 Å². The molecule has 0 fully saturated rings. The Labute approximate surface area is 100 Å². The van der Waals surface area contributed by atoms with Crippen LogP contribution < -0.4 is 5.73 Å². The van der Waals surface area contributed by atoms with Crippen molar-refractivity contribution in [3.63, 3.8) is 0 Å². The van der Waals surface area contributed by atoms with Gasteiger partial charge in [-0.25, -0.2) is 0 Å². The Morgan fingerprint density at radius 1 is 1.06 bits per heavy atom. The van der Waals surface area contributed by atoms with E-state index in [4.69, 9.17) is 5.73 Å². The van der Waals surface area contributed by atoms with Crippen molar-refractivity contribution >= 4 is 0 Å². The lowest BCUT2D eigenvalue weighted by molar-refractivity contribution is 0.483. The van der Waals surface area contributed by atoms with E-state index >= 15 is 0 Å². The SMILES string of the molecule is CCC[C@@H](c1cc(C)cc(C)c1)[C@H](N)CC. The zero-order valence-corrected chi connectivity index (χ0v) is 11.1. The van der Waals surface area contributed by atoms with Crippen LogP contribution in [-0.4, -0.2) is 6.04 Å². The molecular weight excluding hydrogens is 194 g/mol. The van der Waals surface area contributed by atoms with Crippen LogP contribution in [0.25, 0.3) is 0 Å². The van der Waals surface area contributed by atoms with Crippen LogP contribution >= 0.6 is 0 Å². The minimum absolute atomic E-state index is 0.293. The highest BCUT2D eigenvalue weighted by Gasteiger charge is 2.17. The molecule has 0 bridgehead atoms. The number of benzene rings is 1. The van der Waals surface area contributed by atoms with E-state index in [1.165, 1.54) is 29.5 Å². The molecule has 0 aliphatic rings. The average molecular weight is 219 g/mol. The molecule has 1 aromatic carbocycles. The molecular formula is C15H25N. The summed E-state index contributed by atoms with van der Waals surface area (Å²) in [6.45, 7) is 8.74. The van der Waals surface area contributed by atoms with Crippen molar-refractivity contribution in [1.82, 2.24) is 0 Å². The van der Waals surface area contributed by atoms with Crippen LogP contribution in [0.3, 0.4) is 0 Å². The second-order valence-corrected chi connectivity index (χ2v) is 4.89. The van der Waals surface area contributed by atoms with Crippen molar-refractivity contribution in [2.45, 2.75) is 58.9 Å². The van der Waals surface area contributed by atoms with Gasteiger partial charge in [-0.2, -0.15) is 0 Å². The Bertz CT molecular complexity index is 310. The van der Waals surface area contributed by atoms with E-state index in [0.29, 0.717) is 12.0 Å². The molecule has 1 aromatic rings. The van der Waals surface area contributed by atoms with Gasteiger partial charge in [0.2, 0.25) is 0 Å². The second kappa shape index (κ2) is 6.05. The zero-order valence-electron chi connectivity index (χ0n) is 11.1. The molecule has 0 heterocycles. The summed E-state index contributed by atoms with van der Waals surface area (Å²) in [5.74, 6) is 0.522. The predicted molar refractivity (Wildman–Crippen MR) is 71.8 cm³/mol. The molecule has 0 saturated carbocycles. The Morgan fingerprint density at radius 3 is 2.06 bits per heavy atom. The normalized spacial score (nSPS) is 14.8. The lowest BCUT2D eigenvalue weighted by Gasteiger charge is -2.23. The first kappa shape index (κ1) is 13.2. The lowest BCUT2D eigenvalue weighted by Crippen LogP contribution is -2.27. The third-order valence-electron chi connectivity index (χ3n) is 3.26. The number of hydrogen-bond acceptors (Lipinski definition) is 1. The fraction of sp³-hybridized carbons (Fsp3) is 0.600. The quantitative estimate of drug-likeness (QED) is 0.798. The van der Waals surface area contributed by atoms with E-state index in [1.807, 2.05) is 0 Å². The smallest absolute Gasteiger partial charge is 0.0105 e. The van der Waals surface area contributed by atoms with Gasteiger partial charge in [0.15, 0.2) is 0 Å². The van der Waals surface area contributed by atoms with E-state index in [9.17, 15) is 0 Å². The maximum absolute atomic E-state index is 6.24. The van der Waals surface area contributed by atoms with Crippen molar-refractivity contribution in [1.29, 1.82) is 0 Å². The van der Waals surface area contributed by atoms with E-state index in [1.54, 1.807) is 0 Å². The summed E-state index contributed by atoms with van der Waals surface area (Å²) in [5, 5.41) is 0. The molecule has 1 rings (SSSR count). The number of nitrogens with two attached hydrogens (primary N) is 1. The van der Waals surface area contributed by atoms with Crippen molar-refractivity contribution < 1.29 is 0 Å². The fourth-order valence-electron chi connectivity index (χ4n) is 2.45. The molecule has 0 saturated heterocycles. The standard InChI is InChI=1S/C15H25N/c1-5-7-14(15(16)6-2)13-9-11(3)8-12(4)10-13/h8-10,14-15H,5-7,16H2,1-4H3/t14-,15+/m0/s1. The highest BCUT2D eigenvalue weighted by Crippen LogP contribution is 2.27. The van der Waals surface area contributed by atoms with Crippen LogP contribution in [0.15, 0.2) is 18.2 Å². The molecule has 0 spiro atoms. The van der Waals surface area contributed by atoms with Crippen molar-refractivity contribution in [3.8, 4) is 0 Å². The highest BCUT2D eigenvalue weighted by atomic mass is 14.6. The van der Waals surface area contributed by atoms with Crippen LogP contribution in [0.4, 0.5) is 0 Å². The summed E-state index contributed by atoms with van der Waals surface area (Å²) in [5.41, 5.74) is 10.4. The third-order valence-corrected chi connectivity index (χ3v) is 3.26. The maximum atomic E-state index is 6.24. The van der Waals surface area contributed by atoms with Gasteiger partial charge in [0, 0.05) is 6.04 Å². The number of hydrogen-bond donors (Lipinski definition) is 1. The van der Waals surface area contributed by atoms with Crippen LogP contribution in [0.2, 0.25) is 0 Å². The minimum atomic E-state index is 0.293. The van der Waals surface area contributed by atoms with Gasteiger partial charge in [-0.15, -0.1) is 0 Å². The third kappa shape index (κ3) is 3.34. The van der Waals surface area contributed by atoms with Crippen LogP contribution in [0, 0.1) is 13.8 Å².